The van der Waals surface area contributed by atoms with Crippen molar-refractivity contribution in [3.8, 4) is 22.3 Å². The Balaban J connectivity index is 1.97. The summed E-state index contributed by atoms with van der Waals surface area (Å²) in [4.78, 5) is 0. The van der Waals surface area contributed by atoms with Gasteiger partial charge in [0.05, 0.1) is 0 Å². The van der Waals surface area contributed by atoms with Crippen molar-refractivity contribution in [1.82, 2.24) is 0 Å². The molecule has 0 nitrogen and oxygen atoms in total. The summed E-state index contributed by atoms with van der Waals surface area (Å²) in [5, 5.41) is 0. The minimum Gasteiger partial charge on any atom is -0.0622 e. The maximum atomic E-state index is 2.40. The van der Waals surface area contributed by atoms with Crippen LogP contribution >= 0.6 is 0 Å². The van der Waals surface area contributed by atoms with Gasteiger partial charge in [0, 0.05) is 0 Å². The average Bonchev–Trinajstić information content (AvgIpc) is 2.62. The molecule has 0 spiro atoms. The molecule has 1 aliphatic carbocycles. The monoisotopic (exact) mass is 298 g/mol. The van der Waals surface area contributed by atoms with Crippen molar-refractivity contribution in [2.75, 3.05) is 0 Å². The molecule has 0 saturated carbocycles. The zero-order valence-corrected chi connectivity index (χ0v) is 13.7. The summed E-state index contributed by atoms with van der Waals surface area (Å²) in [6, 6.07) is 24.2. The van der Waals surface area contributed by atoms with E-state index in [1.807, 2.05) is 0 Å². The second kappa shape index (κ2) is 6.04. The molecule has 0 N–H and O–H groups in total. The Morgan fingerprint density at radius 3 is 1.87 bits per heavy atom. The number of aryl methyl sites for hydroxylation is 1. The Labute approximate surface area is 138 Å². The molecule has 0 atom stereocenters. The first-order valence-electron chi connectivity index (χ1n) is 8.61. The van der Waals surface area contributed by atoms with E-state index < -0.39 is 0 Å². The predicted molar refractivity (Wildman–Crippen MR) is 98.7 cm³/mol. The molecular weight excluding hydrogens is 276 g/mol. The predicted octanol–water partition coefficient (Wildman–Crippen LogP) is 6.21. The molecule has 0 unspecified atom stereocenters. The normalized spacial score (nSPS) is 13.6. The van der Waals surface area contributed by atoms with Gasteiger partial charge in [-0.3, -0.25) is 0 Å². The molecule has 0 aromatic heterocycles. The average molecular weight is 298 g/mol. The first kappa shape index (κ1) is 14.3. The van der Waals surface area contributed by atoms with Gasteiger partial charge in [-0.15, -0.1) is 0 Å². The Bertz CT molecular complexity index is 814. The maximum Gasteiger partial charge on any atom is -0.0119 e. The van der Waals surface area contributed by atoms with Crippen molar-refractivity contribution in [3.63, 3.8) is 0 Å². The molecule has 4 rings (SSSR count). The van der Waals surface area contributed by atoms with Crippen LogP contribution in [0.4, 0.5) is 0 Å². The molecule has 0 saturated heterocycles. The van der Waals surface area contributed by atoms with Gasteiger partial charge in [0.2, 0.25) is 0 Å². The zero-order chi connectivity index (χ0) is 15.6. The quantitative estimate of drug-likeness (QED) is 0.528. The molecule has 114 valence electrons. The van der Waals surface area contributed by atoms with E-state index in [9.17, 15) is 0 Å². The van der Waals surface area contributed by atoms with Gasteiger partial charge in [0.1, 0.15) is 0 Å². The maximum absolute atomic E-state index is 2.40. The number of rotatable bonds is 2. The van der Waals surface area contributed by atoms with Crippen molar-refractivity contribution < 1.29 is 0 Å². The summed E-state index contributed by atoms with van der Waals surface area (Å²) < 4.78 is 0. The first-order chi connectivity index (χ1) is 11.3. The molecule has 0 bridgehead atoms. The molecule has 3 aromatic carbocycles. The van der Waals surface area contributed by atoms with E-state index in [0.29, 0.717) is 0 Å². The third kappa shape index (κ3) is 2.59. The van der Waals surface area contributed by atoms with Crippen LogP contribution in [0.25, 0.3) is 22.3 Å². The van der Waals surface area contributed by atoms with Crippen molar-refractivity contribution in [3.05, 3.63) is 83.4 Å². The molecule has 3 aromatic rings. The van der Waals surface area contributed by atoms with Gasteiger partial charge in [-0.05, 0) is 71.6 Å². The third-order valence-corrected chi connectivity index (χ3v) is 5.00. The van der Waals surface area contributed by atoms with E-state index >= 15 is 0 Å². The highest BCUT2D eigenvalue weighted by Gasteiger charge is 2.20. The van der Waals surface area contributed by atoms with Crippen molar-refractivity contribution in [2.24, 2.45) is 0 Å². The van der Waals surface area contributed by atoms with E-state index in [1.165, 1.54) is 53.5 Å². The molecular formula is C23H22. The summed E-state index contributed by atoms with van der Waals surface area (Å²) in [5.41, 5.74) is 10.2. The van der Waals surface area contributed by atoms with Gasteiger partial charge in [-0.25, -0.2) is 0 Å². The summed E-state index contributed by atoms with van der Waals surface area (Å²) >= 11 is 0. The molecule has 0 heteroatoms. The van der Waals surface area contributed by atoms with Crippen molar-refractivity contribution in [1.29, 1.82) is 0 Å². The molecule has 1 aliphatic rings. The summed E-state index contributed by atoms with van der Waals surface area (Å²) in [7, 11) is 0. The Morgan fingerprint density at radius 2 is 1.22 bits per heavy atom. The van der Waals surface area contributed by atoms with Gasteiger partial charge in [0.25, 0.3) is 0 Å². The molecule has 0 radical (unpaired) electrons. The van der Waals surface area contributed by atoms with E-state index in [0.717, 1.165) is 0 Å². The van der Waals surface area contributed by atoms with Crippen LogP contribution < -0.4 is 0 Å². The minimum atomic E-state index is 1.21. The van der Waals surface area contributed by atoms with E-state index in [2.05, 4.69) is 73.7 Å². The lowest BCUT2D eigenvalue weighted by Crippen LogP contribution is -2.08. The highest BCUT2D eigenvalue weighted by Crippen LogP contribution is 2.40. The molecule has 0 fully saturated rings. The van der Waals surface area contributed by atoms with Crippen LogP contribution in [-0.4, -0.2) is 0 Å². The van der Waals surface area contributed by atoms with Crippen LogP contribution in [0.2, 0.25) is 0 Å². The molecule has 0 heterocycles. The lowest BCUT2D eigenvalue weighted by atomic mass is 9.79. The molecule has 0 aliphatic heterocycles. The highest BCUT2D eigenvalue weighted by molar-refractivity contribution is 5.80. The smallest absolute Gasteiger partial charge is 0.0119 e. The van der Waals surface area contributed by atoms with Crippen LogP contribution in [0, 0.1) is 6.92 Å². The van der Waals surface area contributed by atoms with E-state index in [1.54, 1.807) is 11.1 Å². The fourth-order valence-corrected chi connectivity index (χ4v) is 3.97. The minimum absolute atomic E-state index is 1.21. The topological polar surface area (TPSA) is 0 Å². The highest BCUT2D eigenvalue weighted by atomic mass is 14.2. The van der Waals surface area contributed by atoms with Crippen LogP contribution in [0.15, 0.2) is 66.7 Å². The SMILES string of the molecule is Cc1cc(-c2ccccc2)c2c(c1-c1ccccc1)CCCC2. The number of hydrogen-bond acceptors (Lipinski definition) is 0. The van der Waals surface area contributed by atoms with Gasteiger partial charge >= 0.3 is 0 Å². The molecule has 23 heavy (non-hydrogen) atoms. The lowest BCUT2D eigenvalue weighted by Gasteiger charge is -2.25. The molecule has 0 amide bonds. The Hall–Kier alpha value is -2.34. The second-order valence-electron chi connectivity index (χ2n) is 6.51. The fraction of sp³-hybridized carbons (Fsp3) is 0.217. The largest absolute Gasteiger partial charge is 0.0622 e. The van der Waals surface area contributed by atoms with Crippen LogP contribution in [0.5, 0.6) is 0 Å². The number of hydrogen-bond donors (Lipinski definition) is 0. The third-order valence-electron chi connectivity index (χ3n) is 5.00. The Morgan fingerprint density at radius 1 is 0.652 bits per heavy atom. The van der Waals surface area contributed by atoms with Gasteiger partial charge in [-0.1, -0.05) is 66.7 Å². The lowest BCUT2D eigenvalue weighted by molar-refractivity contribution is 0.687. The van der Waals surface area contributed by atoms with Gasteiger partial charge in [-0.2, -0.15) is 0 Å². The fourth-order valence-electron chi connectivity index (χ4n) is 3.97. The van der Waals surface area contributed by atoms with Crippen LogP contribution in [0.3, 0.4) is 0 Å². The number of fused-ring (bicyclic) bond motifs is 1. The summed E-state index contributed by atoms with van der Waals surface area (Å²) in [6.07, 6.45) is 5.04. The van der Waals surface area contributed by atoms with Gasteiger partial charge < -0.3 is 0 Å². The Kier molecular flexibility index (Phi) is 3.75. The van der Waals surface area contributed by atoms with E-state index in [4.69, 9.17) is 0 Å². The van der Waals surface area contributed by atoms with Crippen LogP contribution in [-0.2, 0) is 12.8 Å². The standard InChI is InChI=1S/C23H22/c1-17-16-22(18-10-4-2-5-11-18)20-14-8-9-15-21(20)23(17)19-12-6-3-7-13-19/h2-7,10-13,16H,8-9,14-15H2,1H3. The number of benzene rings is 3. The summed E-state index contributed by atoms with van der Waals surface area (Å²) in [5.74, 6) is 0. The second-order valence-corrected chi connectivity index (χ2v) is 6.51. The van der Waals surface area contributed by atoms with Crippen LogP contribution in [0.1, 0.15) is 29.5 Å². The van der Waals surface area contributed by atoms with E-state index in [-0.39, 0.29) is 0 Å². The zero-order valence-electron chi connectivity index (χ0n) is 13.7. The van der Waals surface area contributed by atoms with Crippen molar-refractivity contribution in [2.45, 2.75) is 32.6 Å². The van der Waals surface area contributed by atoms with Gasteiger partial charge in [0.15, 0.2) is 0 Å². The summed E-state index contributed by atoms with van der Waals surface area (Å²) in [6.45, 7) is 2.27. The first-order valence-corrected chi connectivity index (χ1v) is 8.61. The van der Waals surface area contributed by atoms with Crippen molar-refractivity contribution >= 4 is 0 Å².